The van der Waals surface area contributed by atoms with Gasteiger partial charge in [-0.05, 0) is 0 Å². The van der Waals surface area contributed by atoms with Gasteiger partial charge in [-0.1, -0.05) is 36.4 Å². The summed E-state index contributed by atoms with van der Waals surface area (Å²) in [6.07, 6.45) is 0. The summed E-state index contributed by atoms with van der Waals surface area (Å²) in [5.41, 5.74) is 8.94. The standard InChI is InChI=1S/C6H6.C2H4O2.CH5N3.Ag/c1-2-4-6-5-3-1;1-2(3)4;2-1(3)4;/h1-6H;1H3,(H,3,4);(H5,2,3,4);. The van der Waals surface area contributed by atoms with Crippen LogP contribution in [0.2, 0.25) is 0 Å². The molecule has 0 saturated carbocycles. The number of nitrogens with two attached hydrogens (primary N) is 2. The number of carboxylic acid groups (broad SMARTS) is 1. The topological polar surface area (TPSA) is 113 Å². The van der Waals surface area contributed by atoms with Crippen molar-refractivity contribution in [3.8, 4) is 0 Å². The molecular formula is C9H15AgN3O2. The van der Waals surface area contributed by atoms with E-state index in [9.17, 15) is 0 Å². The Morgan fingerprint density at radius 1 is 1.07 bits per heavy atom. The molecule has 0 heterocycles. The average molecular weight is 305 g/mol. The van der Waals surface area contributed by atoms with E-state index in [2.05, 4.69) is 11.5 Å². The molecule has 15 heavy (non-hydrogen) atoms. The predicted octanol–water partition coefficient (Wildman–Crippen LogP) is 0.614. The first-order valence-electron chi connectivity index (χ1n) is 3.76. The number of rotatable bonds is 0. The summed E-state index contributed by atoms with van der Waals surface area (Å²) in [5.74, 6) is -1.17. The number of carboxylic acids is 1. The predicted molar refractivity (Wildman–Crippen MR) is 55.9 cm³/mol. The SMILES string of the molecule is CC(=O)O.N=C(N)N.[Ag].c1ccccc1. The Morgan fingerprint density at radius 3 is 1.20 bits per heavy atom. The molecule has 0 saturated heterocycles. The zero-order chi connectivity index (χ0) is 11.4. The minimum Gasteiger partial charge on any atom is -0.481 e. The smallest absolute Gasteiger partial charge is 0.300 e. The van der Waals surface area contributed by atoms with Crippen LogP contribution in [-0.4, -0.2) is 17.0 Å². The molecule has 0 aliphatic carbocycles. The van der Waals surface area contributed by atoms with Crippen LogP contribution in [0.3, 0.4) is 0 Å². The molecule has 6 heteroatoms. The molecule has 0 aliphatic rings. The molecule has 6 N–H and O–H groups in total. The number of carbonyl (C=O) groups is 1. The largest absolute Gasteiger partial charge is 0.481 e. The van der Waals surface area contributed by atoms with E-state index in [-0.39, 0.29) is 28.3 Å². The average Bonchev–Trinajstić information content (AvgIpc) is 2.05. The summed E-state index contributed by atoms with van der Waals surface area (Å²) in [4.78, 5) is 9.00. The van der Waals surface area contributed by atoms with Crippen LogP contribution < -0.4 is 11.5 Å². The van der Waals surface area contributed by atoms with Crippen LogP contribution in [0, 0.1) is 5.41 Å². The summed E-state index contributed by atoms with van der Waals surface area (Å²) < 4.78 is 0. The van der Waals surface area contributed by atoms with Gasteiger partial charge in [-0.2, -0.15) is 0 Å². The van der Waals surface area contributed by atoms with Gasteiger partial charge in [0.2, 0.25) is 0 Å². The maximum atomic E-state index is 9.00. The molecule has 0 fully saturated rings. The van der Waals surface area contributed by atoms with Crippen LogP contribution in [0.5, 0.6) is 0 Å². The zero-order valence-corrected chi connectivity index (χ0v) is 9.76. The van der Waals surface area contributed by atoms with Crippen molar-refractivity contribution < 1.29 is 32.3 Å². The maximum Gasteiger partial charge on any atom is 0.300 e. The number of hydrogen-bond acceptors (Lipinski definition) is 2. The fraction of sp³-hybridized carbons (Fsp3) is 0.111. The van der Waals surface area contributed by atoms with Gasteiger partial charge in [0.25, 0.3) is 5.97 Å². The van der Waals surface area contributed by atoms with Crippen LogP contribution in [0.25, 0.3) is 0 Å². The normalized spacial score (nSPS) is 6.47. The molecule has 0 atom stereocenters. The van der Waals surface area contributed by atoms with Gasteiger partial charge >= 0.3 is 0 Å². The van der Waals surface area contributed by atoms with Gasteiger partial charge in [-0.3, -0.25) is 10.2 Å². The minimum atomic E-state index is -0.833. The van der Waals surface area contributed by atoms with Gasteiger partial charge in [-0.25, -0.2) is 0 Å². The number of nitrogens with one attached hydrogen (secondary N) is 1. The van der Waals surface area contributed by atoms with E-state index in [0.29, 0.717) is 0 Å². The first kappa shape index (κ1) is 19.3. The quantitative estimate of drug-likeness (QED) is 0.319. The van der Waals surface area contributed by atoms with E-state index in [1.54, 1.807) is 0 Å². The van der Waals surface area contributed by atoms with Gasteiger partial charge in [0.1, 0.15) is 0 Å². The maximum absolute atomic E-state index is 9.00. The van der Waals surface area contributed by atoms with E-state index < -0.39 is 5.97 Å². The molecule has 1 radical (unpaired) electrons. The molecule has 1 aromatic rings. The van der Waals surface area contributed by atoms with Gasteiger partial charge in [0.05, 0.1) is 0 Å². The van der Waals surface area contributed by atoms with Gasteiger partial charge in [-0.15, -0.1) is 0 Å². The van der Waals surface area contributed by atoms with E-state index in [1.165, 1.54) is 0 Å². The molecule has 89 valence electrons. The third-order valence-corrected chi connectivity index (χ3v) is 0.667. The number of guanidine groups is 1. The molecule has 0 bridgehead atoms. The van der Waals surface area contributed by atoms with Crippen molar-refractivity contribution in [1.29, 1.82) is 5.41 Å². The van der Waals surface area contributed by atoms with Crippen molar-refractivity contribution in [2.24, 2.45) is 11.5 Å². The van der Waals surface area contributed by atoms with Crippen LogP contribution in [0.1, 0.15) is 6.92 Å². The first-order chi connectivity index (χ1) is 6.46. The fourth-order valence-electron chi connectivity index (χ4n) is 0.385. The van der Waals surface area contributed by atoms with E-state index in [0.717, 1.165) is 6.92 Å². The molecule has 5 nitrogen and oxygen atoms in total. The molecular weight excluding hydrogens is 290 g/mol. The molecule has 0 amide bonds. The van der Waals surface area contributed by atoms with Crippen molar-refractivity contribution in [2.45, 2.75) is 6.92 Å². The van der Waals surface area contributed by atoms with E-state index in [4.69, 9.17) is 15.3 Å². The Labute approximate surface area is 104 Å². The number of benzene rings is 1. The Balaban J connectivity index is -0.000000145. The van der Waals surface area contributed by atoms with Crippen molar-refractivity contribution in [2.75, 3.05) is 0 Å². The Morgan fingerprint density at radius 2 is 1.13 bits per heavy atom. The molecule has 0 unspecified atom stereocenters. The third-order valence-electron chi connectivity index (χ3n) is 0.667. The molecule has 0 spiro atoms. The van der Waals surface area contributed by atoms with Crippen molar-refractivity contribution in [3.63, 3.8) is 0 Å². The monoisotopic (exact) mass is 304 g/mol. The van der Waals surface area contributed by atoms with Crippen LogP contribution in [-0.2, 0) is 27.2 Å². The summed E-state index contributed by atoms with van der Waals surface area (Å²) in [5, 5.41) is 13.5. The number of hydrogen-bond donors (Lipinski definition) is 4. The third kappa shape index (κ3) is 65.8. The van der Waals surface area contributed by atoms with Crippen LogP contribution in [0.15, 0.2) is 36.4 Å². The zero-order valence-electron chi connectivity index (χ0n) is 8.28. The number of aliphatic carboxylic acids is 1. The van der Waals surface area contributed by atoms with Crippen molar-refractivity contribution in [3.05, 3.63) is 36.4 Å². The van der Waals surface area contributed by atoms with Crippen LogP contribution >= 0.6 is 0 Å². The molecule has 0 aliphatic heterocycles. The fourth-order valence-corrected chi connectivity index (χ4v) is 0.385. The summed E-state index contributed by atoms with van der Waals surface area (Å²) >= 11 is 0. The van der Waals surface area contributed by atoms with Gasteiger partial charge in [0, 0.05) is 29.3 Å². The van der Waals surface area contributed by atoms with Crippen LogP contribution in [0.4, 0.5) is 0 Å². The summed E-state index contributed by atoms with van der Waals surface area (Å²) in [6.45, 7) is 1.08. The minimum absolute atomic E-state index is 0. The van der Waals surface area contributed by atoms with E-state index >= 15 is 0 Å². The molecule has 1 aromatic carbocycles. The van der Waals surface area contributed by atoms with Crippen molar-refractivity contribution >= 4 is 11.9 Å². The summed E-state index contributed by atoms with van der Waals surface area (Å²) in [6, 6.07) is 12.0. The molecule has 0 aromatic heterocycles. The molecule has 1 rings (SSSR count). The van der Waals surface area contributed by atoms with Gasteiger partial charge < -0.3 is 16.6 Å². The second-order valence-electron chi connectivity index (χ2n) is 2.13. The Bertz CT molecular complexity index is 208. The Kier molecular flexibility index (Phi) is 19.5. The van der Waals surface area contributed by atoms with Gasteiger partial charge in [0.15, 0.2) is 5.96 Å². The van der Waals surface area contributed by atoms with Crippen molar-refractivity contribution in [1.82, 2.24) is 0 Å². The second-order valence-corrected chi connectivity index (χ2v) is 2.13. The Hall–Kier alpha value is -1.30. The van der Waals surface area contributed by atoms with E-state index in [1.807, 2.05) is 36.4 Å². The first-order valence-corrected chi connectivity index (χ1v) is 3.76. The summed E-state index contributed by atoms with van der Waals surface area (Å²) in [7, 11) is 0. The second kappa shape index (κ2) is 15.2.